The predicted molar refractivity (Wildman–Crippen MR) is 108 cm³/mol. The fraction of sp³-hybridized carbons (Fsp3) is 0.429. The monoisotopic (exact) mass is 414 g/mol. The smallest absolute Gasteiger partial charge is 0.233 e. The van der Waals surface area contributed by atoms with E-state index in [1.54, 1.807) is 23.0 Å². The van der Waals surface area contributed by atoms with Gasteiger partial charge in [-0.15, -0.1) is 0 Å². The minimum Gasteiger partial charge on any atom is -0.311 e. The molecule has 0 spiro atoms. The predicted octanol–water partition coefficient (Wildman–Crippen LogP) is 3.09. The van der Waals surface area contributed by atoms with Gasteiger partial charge in [-0.3, -0.25) is 19.3 Å². The molecule has 3 amide bonds. The van der Waals surface area contributed by atoms with Crippen molar-refractivity contribution in [2.75, 3.05) is 11.9 Å². The van der Waals surface area contributed by atoms with Crippen molar-refractivity contribution in [1.82, 2.24) is 14.7 Å². The van der Waals surface area contributed by atoms with Gasteiger partial charge in [-0.2, -0.15) is 5.10 Å². The summed E-state index contributed by atoms with van der Waals surface area (Å²) in [6, 6.07) is 9.15. The normalized spacial score (nSPS) is 21.3. The van der Waals surface area contributed by atoms with Crippen LogP contribution < -0.4 is 5.32 Å². The van der Waals surface area contributed by atoms with E-state index in [0.717, 1.165) is 31.2 Å². The highest BCUT2D eigenvalue weighted by Crippen LogP contribution is 2.37. The van der Waals surface area contributed by atoms with Gasteiger partial charge in [0.1, 0.15) is 5.82 Å². The summed E-state index contributed by atoms with van der Waals surface area (Å²) in [6.07, 6.45) is 5.22. The van der Waals surface area contributed by atoms with Crippen LogP contribution in [0.4, 0.5) is 5.82 Å². The lowest BCUT2D eigenvalue weighted by Gasteiger charge is -2.19. The number of hydrogen-bond acceptors (Lipinski definition) is 4. The average molecular weight is 415 g/mol. The lowest BCUT2D eigenvalue weighted by Crippen LogP contribution is -2.34. The van der Waals surface area contributed by atoms with Gasteiger partial charge in [-0.25, -0.2) is 4.68 Å². The molecule has 7 nitrogen and oxygen atoms in total. The zero-order valence-electron chi connectivity index (χ0n) is 16.0. The highest BCUT2D eigenvalue weighted by Gasteiger charge is 2.47. The maximum Gasteiger partial charge on any atom is 0.233 e. The number of benzene rings is 1. The van der Waals surface area contributed by atoms with E-state index < -0.39 is 0 Å². The first-order chi connectivity index (χ1) is 14.0. The lowest BCUT2D eigenvalue weighted by molar-refractivity contribution is -0.140. The van der Waals surface area contributed by atoms with Crippen LogP contribution in [0.5, 0.6) is 0 Å². The minimum absolute atomic E-state index is 0.0687. The molecule has 1 aliphatic carbocycles. The van der Waals surface area contributed by atoms with Gasteiger partial charge in [0, 0.05) is 24.1 Å². The molecule has 8 heteroatoms. The third-order valence-electron chi connectivity index (χ3n) is 5.70. The molecule has 0 radical (unpaired) electrons. The Labute approximate surface area is 174 Å². The number of carbonyl (C=O) groups excluding carboxylic acids is 3. The van der Waals surface area contributed by atoms with Crippen molar-refractivity contribution in [2.24, 2.45) is 11.8 Å². The van der Waals surface area contributed by atoms with Crippen molar-refractivity contribution < 1.29 is 14.4 Å². The molecule has 2 unspecified atom stereocenters. The Bertz CT molecular complexity index is 918. The van der Waals surface area contributed by atoms with Crippen molar-refractivity contribution in [3.8, 4) is 0 Å². The maximum absolute atomic E-state index is 12.5. The molecule has 152 valence electrons. The van der Waals surface area contributed by atoms with E-state index in [1.807, 2.05) is 18.2 Å². The van der Waals surface area contributed by atoms with E-state index >= 15 is 0 Å². The van der Waals surface area contributed by atoms with E-state index in [1.165, 1.54) is 4.90 Å². The fourth-order valence-electron chi connectivity index (χ4n) is 4.24. The number of rotatable bonds is 6. The summed E-state index contributed by atoms with van der Waals surface area (Å²) in [5.74, 6) is -0.287. The number of amides is 3. The molecular formula is C21H23ClN4O3. The minimum atomic E-state index is -0.256. The number of anilines is 1. The summed E-state index contributed by atoms with van der Waals surface area (Å²) >= 11 is 6.02. The zero-order valence-corrected chi connectivity index (χ0v) is 16.8. The van der Waals surface area contributed by atoms with Crippen molar-refractivity contribution in [3.05, 3.63) is 47.1 Å². The van der Waals surface area contributed by atoms with E-state index in [4.69, 9.17) is 11.6 Å². The number of nitrogens with one attached hydrogen (secondary N) is 1. The second kappa shape index (κ2) is 8.37. The van der Waals surface area contributed by atoms with E-state index in [9.17, 15) is 14.4 Å². The van der Waals surface area contributed by atoms with Crippen LogP contribution in [-0.2, 0) is 20.9 Å². The van der Waals surface area contributed by atoms with E-state index in [2.05, 4.69) is 10.4 Å². The first-order valence-corrected chi connectivity index (χ1v) is 10.3. The number of halogens is 1. The van der Waals surface area contributed by atoms with Crippen molar-refractivity contribution >= 4 is 35.1 Å². The number of carbonyl (C=O) groups is 3. The van der Waals surface area contributed by atoms with Crippen molar-refractivity contribution in [2.45, 2.75) is 38.6 Å². The number of likely N-dealkylation sites (tertiary alicyclic amines) is 1. The molecule has 29 heavy (non-hydrogen) atoms. The topological polar surface area (TPSA) is 84.3 Å². The van der Waals surface area contributed by atoms with Gasteiger partial charge in [0.05, 0.1) is 24.6 Å². The SMILES string of the molecule is O=C(CCN1C(=O)C2CCCCC2C1=O)Nc1ccnn1Cc1cccc(Cl)c1. The largest absolute Gasteiger partial charge is 0.311 e. The van der Waals surface area contributed by atoms with Gasteiger partial charge in [0.15, 0.2) is 0 Å². The van der Waals surface area contributed by atoms with Gasteiger partial charge in [-0.1, -0.05) is 36.6 Å². The highest BCUT2D eigenvalue weighted by atomic mass is 35.5. The van der Waals surface area contributed by atoms with Crippen molar-refractivity contribution in [3.63, 3.8) is 0 Å². The molecule has 2 aromatic rings. The van der Waals surface area contributed by atoms with Crippen LogP contribution in [0.15, 0.2) is 36.5 Å². The number of aromatic nitrogens is 2. The fourth-order valence-corrected chi connectivity index (χ4v) is 4.46. The van der Waals surface area contributed by atoms with Gasteiger partial charge >= 0.3 is 0 Å². The summed E-state index contributed by atoms with van der Waals surface area (Å²) in [7, 11) is 0. The molecule has 1 saturated carbocycles. The molecule has 1 aromatic carbocycles. The molecule has 1 saturated heterocycles. The Kier molecular flexibility index (Phi) is 5.67. The average Bonchev–Trinajstić information content (AvgIpc) is 3.23. The number of imide groups is 1. The molecule has 1 N–H and O–H groups in total. The van der Waals surface area contributed by atoms with Gasteiger partial charge in [0.2, 0.25) is 17.7 Å². The molecule has 2 aliphatic rings. The summed E-state index contributed by atoms with van der Waals surface area (Å²) in [5, 5.41) is 7.71. The first-order valence-electron chi connectivity index (χ1n) is 9.94. The summed E-state index contributed by atoms with van der Waals surface area (Å²) in [4.78, 5) is 38.7. The quantitative estimate of drug-likeness (QED) is 0.736. The third kappa shape index (κ3) is 4.19. The third-order valence-corrected chi connectivity index (χ3v) is 5.94. The highest BCUT2D eigenvalue weighted by molar-refractivity contribution is 6.30. The Morgan fingerprint density at radius 1 is 1.14 bits per heavy atom. The number of nitrogens with zero attached hydrogens (tertiary/aromatic N) is 3. The molecule has 1 aliphatic heterocycles. The van der Waals surface area contributed by atoms with Crippen LogP contribution in [0.25, 0.3) is 0 Å². The molecule has 4 rings (SSSR count). The second-order valence-electron chi connectivity index (χ2n) is 7.63. The van der Waals surface area contributed by atoms with Crippen molar-refractivity contribution in [1.29, 1.82) is 0 Å². The molecular weight excluding hydrogens is 392 g/mol. The Hall–Kier alpha value is -2.67. The lowest BCUT2D eigenvalue weighted by atomic mass is 9.81. The number of fused-ring (bicyclic) bond motifs is 1. The molecule has 1 aromatic heterocycles. The number of hydrogen-bond donors (Lipinski definition) is 1. The maximum atomic E-state index is 12.5. The molecule has 2 heterocycles. The van der Waals surface area contributed by atoms with Crippen LogP contribution in [0.3, 0.4) is 0 Å². The Balaban J connectivity index is 1.34. The van der Waals surface area contributed by atoms with Crippen LogP contribution >= 0.6 is 11.6 Å². The van der Waals surface area contributed by atoms with Crippen LogP contribution in [0, 0.1) is 11.8 Å². The van der Waals surface area contributed by atoms with Crippen LogP contribution in [-0.4, -0.2) is 38.9 Å². The summed E-state index contributed by atoms with van der Waals surface area (Å²) in [6.45, 7) is 0.592. The van der Waals surface area contributed by atoms with Crippen LogP contribution in [0.1, 0.15) is 37.7 Å². The standard InChI is InChI=1S/C21H23ClN4O3/c22-15-5-3-4-14(12-15)13-26-18(8-10-23-26)24-19(27)9-11-25-20(28)16-6-1-2-7-17(16)21(25)29/h3-5,8,10,12,16-17H,1-2,6-7,9,11,13H2,(H,24,27). The Morgan fingerprint density at radius 2 is 1.86 bits per heavy atom. The summed E-state index contributed by atoms with van der Waals surface area (Å²) < 4.78 is 1.67. The van der Waals surface area contributed by atoms with Gasteiger partial charge in [-0.05, 0) is 30.5 Å². The van der Waals surface area contributed by atoms with E-state index in [0.29, 0.717) is 17.4 Å². The van der Waals surface area contributed by atoms with Crippen LogP contribution in [0.2, 0.25) is 5.02 Å². The second-order valence-corrected chi connectivity index (χ2v) is 8.06. The molecule has 0 bridgehead atoms. The Morgan fingerprint density at radius 3 is 2.55 bits per heavy atom. The first kappa shape index (κ1) is 19.6. The van der Waals surface area contributed by atoms with Gasteiger partial charge < -0.3 is 5.32 Å². The van der Waals surface area contributed by atoms with Gasteiger partial charge in [0.25, 0.3) is 0 Å². The summed E-state index contributed by atoms with van der Waals surface area (Å²) in [5.41, 5.74) is 0.965. The molecule has 2 fully saturated rings. The zero-order chi connectivity index (χ0) is 20.4. The van der Waals surface area contributed by atoms with E-state index in [-0.39, 0.29) is 42.5 Å². The molecule has 2 atom stereocenters.